The van der Waals surface area contributed by atoms with Gasteiger partial charge in [-0.3, -0.25) is 14.9 Å². The number of carbonyl (C=O) groups is 3. The topological polar surface area (TPSA) is 217 Å². The molecule has 4 aromatic rings. The van der Waals surface area contributed by atoms with E-state index in [9.17, 15) is 50.0 Å². The second-order valence-corrected chi connectivity index (χ2v) is 10.3. The number of rotatable bonds is 10. The number of nitrogens with one attached hydrogen (secondary N) is 1. The summed E-state index contributed by atoms with van der Waals surface area (Å²) in [5.41, 5.74) is 13.8. The van der Waals surface area contributed by atoms with Gasteiger partial charge in [0, 0.05) is 30.3 Å². The van der Waals surface area contributed by atoms with Crippen molar-refractivity contribution in [3.63, 3.8) is 0 Å². The fraction of sp³-hybridized carbons (Fsp3) is 0.267. The van der Waals surface area contributed by atoms with Crippen LogP contribution < -0.4 is 16.8 Å². The number of aliphatic carboxylic acids is 2. The molecular formula is C30H28F8N6O7. The second-order valence-electron chi connectivity index (χ2n) is 10.3. The first-order valence-electron chi connectivity index (χ1n) is 14.2. The molecule has 4 rings (SSSR count). The number of benzene rings is 3. The number of alkyl halides is 6. The van der Waals surface area contributed by atoms with Gasteiger partial charge in [-0.2, -0.15) is 26.3 Å². The van der Waals surface area contributed by atoms with Crippen LogP contribution >= 0.6 is 0 Å². The summed E-state index contributed by atoms with van der Waals surface area (Å²) in [5, 5.41) is 28.2. The molecule has 0 fully saturated rings. The lowest BCUT2D eigenvalue weighted by atomic mass is 10.1. The van der Waals surface area contributed by atoms with Crippen LogP contribution in [0.4, 0.5) is 40.8 Å². The van der Waals surface area contributed by atoms with Crippen LogP contribution in [0.15, 0.2) is 60.7 Å². The molecule has 276 valence electrons. The molecule has 1 amide bonds. The summed E-state index contributed by atoms with van der Waals surface area (Å²) in [4.78, 5) is 46.0. The number of carboxylic acid groups (broad SMARTS) is 2. The number of aromatic nitrogens is 2. The highest BCUT2D eigenvalue weighted by molar-refractivity contribution is 5.95. The molecule has 0 saturated heterocycles. The quantitative estimate of drug-likeness (QED) is 0.0834. The fourth-order valence-corrected chi connectivity index (χ4v) is 4.04. The van der Waals surface area contributed by atoms with Crippen molar-refractivity contribution >= 4 is 34.6 Å². The van der Waals surface area contributed by atoms with Gasteiger partial charge in [0.2, 0.25) is 0 Å². The van der Waals surface area contributed by atoms with Gasteiger partial charge in [0.15, 0.2) is 5.82 Å². The van der Waals surface area contributed by atoms with Crippen molar-refractivity contribution in [3.8, 4) is 11.1 Å². The predicted octanol–water partition coefficient (Wildman–Crippen LogP) is 5.00. The number of fused-ring (bicyclic) bond motifs is 1. The molecule has 0 spiro atoms. The Morgan fingerprint density at radius 1 is 0.902 bits per heavy atom. The number of carbonyl (C=O) groups excluding carboxylic acids is 1. The molecule has 1 heterocycles. The van der Waals surface area contributed by atoms with Crippen LogP contribution in [0.2, 0.25) is 0 Å². The maximum absolute atomic E-state index is 14.6. The molecule has 0 radical (unpaired) electrons. The molecule has 7 N–H and O–H groups in total. The first-order valence-corrected chi connectivity index (χ1v) is 14.2. The monoisotopic (exact) mass is 736 g/mol. The van der Waals surface area contributed by atoms with Crippen molar-refractivity contribution in [2.24, 2.45) is 11.5 Å². The molecule has 1 aromatic heterocycles. The van der Waals surface area contributed by atoms with Crippen LogP contribution in [-0.4, -0.2) is 74.0 Å². The summed E-state index contributed by atoms with van der Waals surface area (Å²) in [6.45, 7) is 0.512. The minimum Gasteiger partial charge on any atom is -0.475 e. The van der Waals surface area contributed by atoms with Crippen molar-refractivity contribution < 1.29 is 64.6 Å². The zero-order chi connectivity index (χ0) is 38.7. The van der Waals surface area contributed by atoms with Gasteiger partial charge in [0.25, 0.3) is 11.6 Å². The smallest absolute Gasteiger partial charge is 0.475 e. The lowest BCUT2D eigenvalue weighted by molar-refractivity contribution is -0.385. The normalized spacial score (nSPS) is 11.8. The van der Waals surface area contributed by atoms with Crippen LogP contribution in [0.25, 0.3) is 22.2 Å². The van der Waals surface area contributed by atoms with Crippen molar-refractivity contribution in [1.82, 2.24) is 14.9 Å². The second kappa shape index (κ2) is 17.8. The molecule has 51 heavy (non-hydrogen) atoms. The fourth-order valence-electron chi connectivity index (χ4n) is 4.04. The Bertz CT molecular complexity index is 1820. The van der Waals surface area contributed by atoms with Gasteiger partial charge in [-0.1, -0.05) is 18.2 Å². The zero-order valence-corrected chi connectivity index (χ0v) is 25.8. The maximum Gasteiger partial charge on any atom is 0.490 e. The minimum atomic E-state index is -5.08. The minimum absolute atomic E-state index is 0.00295. The first-order chi connectivity index (χ1) is 23.6. The first kappa shape index (κ1) is 41.5. The van der Waals surface area contributed by atoms with Crippen LogP contribution in [0, 0.1) is 21.7 Å². The van der Waals surface area contributed by atoms with E-state index < -0.39 is 40.9 Å². The Kier molecular flexibility index (Phi) is 14.5. The van der Waals surface area contributed by atoms with E-state index in [1.54, 1.807) is 30.3 Å². The Morgan fingerprint density at radius 2 is 1.45 bits per heavy atom. The van der Waals surface area contributed by atoms with Crippen LogP contribution in [0.1, 0.15) is 29.0 Å². The molecule has 0 aliphatic rings. The third-order valence-corrected chi connectivity index (χ3v) is 6.49. The van der Waals surface area contributed by atoms with E-state index in [-0.39, 0.29) is 42.0 Å². The highest BCUT2D eigenvalue weighted by Gasteiger charge is 2.39. The average molecular weight is 737 g/mol. The summed E-state index contributed by atoms with van der Waals surface area (Å²) in [6, 6.07) is 14.1. The number of hydrogen-bond donors (Lipinski definition) is 5. The van der Waals surface area contributed by atoms with Crippen LogP contribution in [0.3, 0.4) is 0 Å². The lowest BCUT2D eigenvalue weighted by Gasteiger charge is -2.13. The van der Waals surface area contributed by atoms with E-state index in [4.69, 9.17) is 31.3 Å². The van der Waals surface area contributed by atoms with Gasteiger partial charge >= 0.3 is 24.3 Å². The molecule has 3 aromatic carbocycles. The third-order valence-electron chi connectivity index (χ3n) is 6.49. The molecule has 0 aliphatic carbocycles. The van der Waals surface area contributed by atoms with Gasteiger partial charge in [-0.05, 0) is 60.8 Å². The molecule has 0 bridgehead atoms. The molecular weight excluding hydrogens is 708 g/mol. The SMILES string of the molecule is NCCC[C@H](N)CNC(=O)c1nc2cc(-c3ccc(F)cc3)ccc2n1Cc1cc([N+](=O)[O-])ccc1F.O=C(O)C(F)(F)F.O=C(O)C(F)(F)F. The Labute approximate surface area is 281 Å². The predicted molar refractivity (Wildman–Crippen MR) is 163 cm³/mol. The van der Waals surface area contributed by atoms with Crippen molar-refractivity contribution in [2.45, 2.75) is 37.8 Å². The number of nitrogens with zero attached hydrogens (tertiary/aromatic N) is 3. The Balaban J connectivity index is 0.000000543. The van der Waals surface area contributed by atoms with E-state index in [1.807, 2.05) is 0 Å². The molecule has 21 heteroatoms. The Hall–Kier alpha value is -5.70. The summed E-state index contributed by atoms with van der Waals surface area (Å²) in [6.07, 6.45) is -8.82. The molecule has 0 saturated carbocycles. The maximum atomic E-state index is 14.6. The van der Waals surface area contributed by atoms with Gasteiger partial charge in [-0.15, -0.1) is 0 Å². The number of nitro benzene ring substituents is 1. The van der Waals surface area contributed by atoms with Crippen molar-refractivity contribution in [2.75, 3.05) is 13.1 Å². The number of imidazole rings is 1. The number of carboxylic acids is 2. The van der Waals surface area contributed by atoms with E-state index in [0.717, 1.165) is 29.3 Å². The summed E-state index contributed by atoms with van der Waals surface area (Å²) in [5.74, 6) is -7.04. The summed E-state index contributed by atoms with van der Waals surface area (Å²) < 4.78 is 93.0. The number of nitro groups is 1. The van der Waals surface area contributed by atoms with E-state index in [1.165, 1.54) is 16.7 Å². The number of non-ortho nitro benzene ring substituents is 1. The van der Waals surface area contributed by atoms with Gasteiger partial charge in [-0.25, -0.2) is 23.4 Å². The van der Waals surface area contributed by atoms with Gasteiger partial charge < -0.3 is 31.6 Å². The highest BCUT2D eigenvalue weighted by Crippen LogP contribution is 2.27. The van der Waals surface area contributed by atoms with Gasteiger partial charge in [0.05, 0.1) is 22.5 Å². The number of hydrogen-bond acceptors (Lipinski definition) is 8. The van der Waals surface area contributed by atoms with E-state index >= 15 is 0 Å². The van der Waals surface area contributed by atoms with E-state index in [0.29, 0.717) is 30.4 Å². The summed E-state index contributed by atoms with van der Waals surface area (Å²) >= 11 is 0. The zero-order valence-electron chi connectivity index (χ0n) is 25.8. The van der Waals surface area contributed by atoms with Gasteiger partial charge in [0.1, 0.15) is 11.6 Å². The molecule has 0 aliphatic heterocycles. The lowest BCUT2D eigenvalue weighted by Crippen LogP contribution is -2.38. The van der Waals surface area contributed by atoms with E-state index in [2.05, 4.69) is 10.3 Å². The Morgan fingerprint density at radius 3 is 1.96 bits per heavy atom. The van der Waals surface area contributed by atoms with Crippen molar-refractivity contribution in [3.05, 3.63) is 93.8 Å². The average Bonchev–Trinajstić information content (AvgIpc) is 3.41. The molecule has 0 unspecified atom stereocenters. The number of halogens is 8. The van der Waals surface area contributed by atoms with Crippen LogP contribution in [0.5, 0.6) is 0 Å². The number of amides is 1. The molecule has 13 nitrogen and oxygen atoms in total. The molecule has 1 atom stereocenters. The largest absolute Gasteiger partial charge is 0.490 e. The van der Waals surface area contributed by atoms with Crippen molar-refractivity contribution in [1.29, 1.82) is 0 Å². The number of nitrogens with two attached hydrogens (primary N) is 2. The van der Waals surface area contributed by atoms with Crippen LogP contribution in [-0.2, 0) is 16.1 Å². The summed E-state index contributed by atoms with van der Waals surface area (Å²) in [7, 11) is 0. The third kappa shape index (κ3) is 12.6. The highest BCUT2D eigenvalue weighted by atomic mass is 19.4. The standard InChI is InChI=1S/C26H26F2N6O3.2C2HF3O2/c27-19-6-3-16(4-7-19)17-5-10-24-23(13-17)32-25(26(35)31-14-20(30)2-1-11-29)33(24)15-18-12-21(34(36)37)8-9-22(18)28;2*3-2(4,5)1(6)7/h3-10,12-13,20H,1-2,11,14-15,29-30H2,(H,31,35);2*(H,6,7)/t20-;;/m0../s1.